The van der Waals surface area contributed by atoms with Gasteiger partial charge in [0.05, 0.1) is 0 Å². The van der Waals surface area contributed by atoms with Crippen molar-refractivity contribution in [2.45, 2.75) is 239 Å². The Kier molecular flexibility index (Phi) is 36.0. The molecule has 0 fully saturated rings. The van der Waals surface area contributed by atoms with E-state index in [4.69, 9.17) is 0 Å². The molecule has 0 amide bonds. The zero-order chi connectivity index (χ0) is 28.3. The van der Waals surface area contributed by atoms with E-state index in [1.165, 1.54) is 218 Å². The summed E-state index contributed by atoms with van der Waals surface area (Å²) in [7, 11) is 0. The molecule has 0 saturated carbocycles. The van der Waals surface area contributed by atoms with E-state index in [2.05, 4.69) is 20.8 Å². The topological polar surface area (TPSA) is 0 Å². The molecule has 0 bridgehead atoms. The van der Waals surface area contributed by atoms with Crippen LogP contribution in [-0.4, -0.2) is 0 Å². The summed E-state index contributed by atoms with van der Waals surface area (Å²) in [5.74, 6) is 1.01. The minimum Gasteiger partial charge on any atom is -0.0654 e. The van der Waals surface area contributed by atoms with Crippen molar-refractivity contribution in [1.29, 1.82) is 0 Å². The number of rotatable bonds is 35. The van der Waals surface area contributed by atoms with Crippen molar-refractivity contribution in [3.8, 4) is 0 Å². The summed E-state index contributed by atoms with van der Waals surface area (Å²) >= 11 is 0. The summed E-state index contributed by atoms with van der Waals surface area (Å²) < 4.78 is 0. The van der Waals surface area contributed by atoms with Crippen molar-refractivity contribution in [2.75, 3.05) is 0 Å². The first-order valence-corrected chi connectivity index (χ1v) is 19.1. The molecule has 1 unspecified atom stereocenters. The van der Waals surface area contributed by atoms with E-state index < -0.39 is 0 Å². The fourth-order valence-electron chi connectivity index (χ4n) is 6.47. The lowest BCUT2D eigenvalue weighted by Gasteiger charge is -2.17. The third kappa shape index (κ3) is 34.1. The Morgan fingerprint density at radius 3 is 0.718 bits per heavy atom. The molecule has 235 valence electrons. The Balaban J connectivity index is 3.54. The quantitative estimate of drug-likeness (QED) is 0.0692. The summed E-state index contributed by atoms with van der Waals surface area (Å²) in [4.78, 5) is 0. The second kappa shape index (κ2) is 36.0. The van der Waals surface area contributed by atoms with Gasteiger partial charge in [-0.3, -0.25) is 0 Å². The van der Waals surface area contributed by atoms with Crippen LogP contribution in [0.4, 0.5) is 0 Å². The second-order valence-corrected chi connectivity index (χ2v) is 13.3. The first-order chi connectivity index (χ1) is 19.3. The molecule has 0 heterocycles. The highest BCUT2D eigenvalue weighted by Gasteiger charge is 2.08. The van der Waals surface area contributed by atoms with E-state index >= 15 is 0 Å². The van der Waals surface area contributed by atoms with Crippen LogP contribution >= 0.6 is 0 Å². The second-order valence-electron chi connectivity index (χ2n) is 13.3. The summed E-state index contributed by atoms with van der Waals surface area (Å²) in [6.45, 7) is 8.69. The molecule has 0 rings (SSSR count). The van der Waals surface area contributed by atoms with E-state index in [0.29, 0.717) is 0 Å². The largest absolute Gasteiger partial charge is 0.0654 e. The van der Waals surface area contributed by atoms with E-state index in [9.17, 15) is 0 Å². The third-order valence-corrected chi connectivity index (χ3v) is 9.29. The van der Waals surface area contributed by atoms with Crippen LogP contribution < -0.4 is 0 Å². The summed E-state index contributed by atoms with van der Waals surface area (Å²) in [5, 5.41) is 0. The number of unbranched alkanes of at least 4 members (excludes halogenated alkanes) is 29. The Morgan fingerprint density at radius 1 is 0.282 bits per heavy atom. The lowest BCUT2D eigenvalue weighted by atomic mass is 9.89. The van der Waals surface area contributed by atoms with Crippen LogP contribution in [0, 0.1) is 12.8 Å². The van der Waals surface area contributed by atoms with E-state index in [0.717, 1.165) is 12.3 Å². The van der Waals surface area contributed by atoms with Crippen LogP contribution in [0.2, 0.25) is 0 Å². The maximum atomic E-state index is 4.07. The molecular formula is C39H79. The summed E-state index contributed by atoms with van der Waals surface area (Å²) in [5.41, 5.74) is 0. The van der Waals surface area contributed by atoms with Gasteiger partial charge in [0.2, 0.25) is 0 Å². The van der Waals surface area contributed by atoms with Gasteiger partial charge >= 0.3 is 0 Å². The fourth-order valence-corrected chi connectivity index (χ4v) is 6.47. The van der Waals surface area contributed by atoms with Gasteiger partial charge in [-0.2, -0.15) is 0 Å². The lowest BCUT2D eigenvalue weighted by Crippen LogP contribution is -2.01. The molecule has 39 heavy (non-hydrogen) atoms. The molecular weight excluding hydrogens is 468 g/mol. The maximum Gasteiger partial charge on any atom is -0.0414 e. The number of hydrogen-bond acceptors (Lipinski definition) is 0. The summed E-state index contributed by atoms with van der Waals surface area (Å²) in [6.07, 6.45) is 51.1. The highest BCUT2D eigenvalue weighted by Crippen LogP contribution is 2.24. The molecule has 1 atom stereocenters. The van der Waals surface area contributed by atoms with Crippen molar-refractivity contribution >= 4 is 0 Å². The van der Waals surface area contributed by atoms with Gasteiger partial charge in [0.1, 0.15) is 0 Å². The minimum absolute atomic E-state index is 1.01. The van der Waals surface area contributed by atoms with Gasteiger partial charge in [-0.1, -0.05) is 245 Å². The van der Waals surface area contributed by atoms with E-state index in [1.807, 2.05) is 0 Å². The Morgan fingerprint density at radius 2 is 0.487 bits per heavy atom. The fraction of sp³-hybridized carbons (Fsp3) is 0.974. The molecule has 0 saturated heterocycles. The monoisotopic (exact) mass is 548 g/mol. The first-order valence-electron chi connectivity index (χ1n) is 19.1. The molecule has 0 aromatic carbocycles. The zero-order valence-electron chi connectivity index (χ0n) is 28.0. The molecule has 0 aromatic heterocycles. The zero-order valence-corrected chi connectivity index (χ0v) is 28.0. The highest BCUT2D eigenvalue weighted by molar-refractivity contribution is 4.62. The van der Waals surface area contributed by atoms with Crippen LogP contribution in [-0.2, 0) is 0 Å². The Hall–Kier alpha value is 0. The molecule has 0 aliphatic rings. The van der Waals surface area contributed by atoms with Crippen LogP contribution in [0.5, 0.6) is 0 Å². The number of hydrogen-bond donors (Lipinski definition) is 0. The molecule has 0 heteroatoms. The van der Waals surface area contributed by atoms with Crippen LogP contribution in [0.3, 0.4) is 0 Å². The minimum atomic E-state index is 1.01. The predicted molar refractivity (Wildman–Crippen MR) is 182 cm³/mol. The van der Waals surface area contributed by atoms with Crippen molar-refractivity contribution in [3.63, 3.8) is 0 Å². The normalized spacial score (nSPS) is 12.4. The van der Waals surface area contributed by atoms with Crippen molar-refractivity contribution in [3.05, 3.63) is 6.92 Å². The van der Waals surface area contributed by atoms with Crippen molar-refractivity contribution in [1.82, 2.24) is 0 Å². The molecule has 0 aliphatic heterocycles. The molecule has 0 N–H and O–H groups in total. The van der Waals surface area contributed by atoms with Crippen LogP contribution in [0.25, 0.3) is 0 Å². The maximum absolute atomic E-state index is 4.07. The Labute approximate surface area is 251 Å². The average Bonchev–Trinajstić information content (AvgIpc) is 2.95. The van der Waals surface area contributed by atoms with E-state index in [-0.39, 0.29) is 0 Å². The van der Waals surface area contributed by atoms with Crippen LogP contribution in [0.15, 0.2) is 0 Å². The van der Waals surface area contributed by atoms with Gasteiger partial charge in [0.15, 0.2) is 0 Å². The Bertz CT molecular complexity index is 399. The van der Waals surface area contributed by atoms with Gasteiger partial charge in [-0.05, 0) is 5.92 Å². The standard InChI is InChI=1S/C39H79/c1-4-7-10-12-14-16-18-20-21-22-24-26-28-30-32-35-38-39(36-33-9-6-3)37-34-31-29-27-25-23-19-17-15-13-11-8-5-2/h39H,3-38H2,1-2H3. The smallest absolute Gasteiger partial charge is 0.0414 e. The van der Waals surface area contributed by atoms with Gasteiger partial charge in [-0.15, -0.1) is 0 Å². The molecule has 0 spiro atoms. The predicted octanol–water partition coefficient (Wildman–Crippen LogP) is 15.1. The lowest BCUT2D eigenvalue weighted by molar-refractivity contribution is 0.368. The van der Waals surface area contributed by atoms with E-state index in [1.54, 1.807) is 0 Å². The average molecular weight is 548 g/mol. The molecule has 1 radical (unpaired) electrons. The molecule has 0 aromatic rings. The summed E-state index contributed by atoms with van der Waals surface area (Å²) in [6, 6.07) is 0. The van der Waals surface area contributed by atoms with Crippen molar-refractivity contribution < 1.29 is 0 Å². The first kappa shape index (κ1) is 39.0. The molecule has 0 nitrogen and oxygen atoms in total. The SMILES string of the molecule is [CH2]CCCCC(CCCCCCCCCCCCCCC)CCCCCCCCCCCCCCCCCC. The van der Waals surface area contributed by atoms with Crippen LogP contribution in [0.1, 0.15) is 239 Å². The van der Waals surface area contributed by atoms with Gasteiger partial charge in [0, 0.05) is 0 Å². The van der Waals surface area contributed by atoms with Gasteiger partial charge < -0.3 is 0 Å². The van der Waals surface area contributed by atoms with Gasteiger partial charge in [0.25, 0.3) is 0 Å². The van der Waals surface area contributed by atoms with Gasteiger partial charge in [-0.25, -0.2) is 0 Å². The highest BCUT2D eigenvalue weighted by atomic mass is 14.1. The third-order valence-electron chi connectivity index (χ3n) is 9.29. The van der Waals surface area contributed by atoms with Crippen molar-refractivity contribution in [2.24, 2.45) is 5.92 Å². The molecule has 0 aliphatic carbocycles.